The third-order valence-electron chi connectivity index (χ3n) is 2.57. The van der Waals surface area contributed by atoms with E-state index >= 15 is 0 Å². The van der Waals surface area contributed by atoms with Crippen molar-refractivity contribution in [3.63, 3.8) is 0 Å². The highest BCUT2D eigenvalue weighted by molar-refractivity contribution is 5.68. The predicted octanol–water partition coefficient (Wildman–Crippen LogP) is 1.99. The molecule has 120 valence electrons. The van der Waals surface area contributed by atoms with Crippen molar-refractivity contribution in [2.75, 3.05) is 19.6 Å². The van der Waals surface area contributed by atoms with Crippen LogP contribution in [0.3, 0.4) is 0 Å². The number of aliphatic hydroxyl groups excluding tert-OH is 1. The average molecular weight is 298 g/mol. The van der Waals surface area contributed by atoms with Gasteiger partial charge in [0.05, 0.1) is 18.9 Å². The number of aliphatic hydroxyl groups is 1. The van der Waals surface area contributed by atoms with E-state index in [9.17, 15) is 9.90 Å². The molecular formula is C15H26N2O4. The van der Waals surface area contributed by atoms with Crippen molar-refractivity contribution in [2.45, 2.75) is 45.9 Å². The molecule has 1 unspecified atom stereocenters. The van der Waals surface area contributed by atoms with Crippen LogP contribution in [0.15, 0.2) is 22.8 Å². The molecule has 0 saturated heterocycles. The number of hydrogen-bond donors (Lipinski definition) is 2. The van der Waals surface area contributed by atoms with E-state index in [1.807, 2.05) is 32.9 Å². The highest BCUT2D eigenvalue weighted by Crippen LogP contribution is 2.10. The van der Waals surface area contributed by atoms with Crippen molar-refractivity contribution in [1.29, 1.82) is 0 Å². The number of carbonyl (C=O) groups is 1. The SMILES string of the molecule is CC(O)CN(CCNCc1ccco1)C(=O)OC(C)(C)C. The number of amides is 1. The molecule has 0 fully saturated rings. The van der Waals surface area contributed by atoms with Crippen LogP contribution in [0.5, 0.6) is 0 Å². The maximum absolute atomic E-state index is 12.1. The van der Waals surface area contributed by atoms with Crippen LogP contribution in [-0.4, -0.2) is 47.4 Å². The van der Waals surface area contributed by atoms with Gasteiger partial charge in [-0.1, -0.05) is 0 Å². The molecule has 1 rings (SSSR count). The Balaban J connectivity index is 2.40. The zero-order valence-electron chi connectivity index (χ0n) is 13.3. The smallest absolute Gasteiger partial charge is 0.410 e. The van der Waals surface area contributed by atoms with Crippen LogP contribution >= 0.6 is 0 Å². The lowest BCUT2D eigenvalue weighted by atomic mass is 10.2. The van der Waals surface area contributed by atoms with Crippen LogP contribution in [0.25, 0.3) is 0 Å². The minimum absolute atomic E-state index is 0.247. The molecule has 6 heteroatoms. The number of nitrogens with one attached hydrogen (secondary N) is 1. The summed E-state index contributed by atoms with van der Waals surface area (Å²) in [5.74, 6) is 0.842. The van der Waals surface area contributed by atoms with E-state index in [4.69, 9.17) is 9.15 Å². The van der Waals surface area contributed by atoms with Gasteiger partial charge in [-0.15, -0.1) is 0 Å². The summed E-state index contributed by atoms with van der Waals surface area (Å²) in [5, 5.41) is 12.7. The van der Waals surface area contributed by atoms with Crippen molar-refractivity contribution in [3.05, 3.63) is 24.2 Å². The fraction of sp³-hybridized carbons (Fsp3) is 0.667. The predicted molar refractivity (Wildman–Crippen MR) is 79.9 cm³/mol. The second-order valence-electron chi connectivity index (χ2n) is 6.03. The maximum Gasteiger partial charge on any atom is 0.410 e. The van der Waals surface area contributed by atoms with Crippen molar-refractivity contribution < 1.29 is 19.1 Å². The number of hydrogen-bond acceptors (Lipinski definition) is 5. The number of furan rings is 1. The van der Waals surface area contributed by atoms with Gasteiger partial charge in [-0.2, -0.15) is 0 Å². The molecule has 0 bridgehead atoms. The van der Waals surface area contributed by atoms with Crippen LogP contribution in [0.4, 0.5) is 4.79 Å². The summed E-state index contributed by atoms with van der Waals surface area (Å²) < 4.78 is 10.5. The Labute approximate surface area is 126 Å². The Morgan fingerprint density at radius 1 is 1.52 bits per heavy atom. The highest BCUT2D eigenvalue weighted by Gasteiger charge is 2.22. The van der Waals surface area contributed by atoms with Crippen LogP contribution < -0.4 is 5.32 Å². The van der Waals surface area contributed by atoms with Gasteiger partial charge < -0.3 is 24.5 Å². The summed E-state index contributed by atoms with van der Waals surface area (Å²) in [6.45, 7) is 9.00. The van der Waals surface area contributed by atoms with Gasteiger partial charge in [0.2, 0.25) is 0 Å². The molecule has 6 nitrogen and oxygen atoms in total. The van der Waals surface area contributed by atoms with Crippen molar-refractivity contribution >= 4 is 6.09 Å². The molecule has 0 aliphatic rings. The summed E-state index contributed by atoms with van der Waals surface area (Å²) in [6, 6.07) is 3.71. The Kier molecular flexibility index (Phi) is 6.71. The van der Waals surface area contributed by atoms with Gasteiger partial charge in [-0.25, -0.2) is 4.79 Å². The van der Waals surface area contributed by atoms with Gasteiger partial charge in [0.1, 0.15) is 11.4 Å². The molecule has 0 aromatic carbocycles. The maximum atomic E-state index is 12.1. The van der Waals surface area contributed by atoms with Crippen LogP contribution in [0.1, 0.15) is 33.5 Å². The first-order valence-corrected chi connectivity index (χ1v) is 7.17. The number of ether oxygens (including phenoxy) is 1. The summed E-state index contributed by atoms with van der Waals surface area (Å²) in [5.41, 5.74) is -0.546. The minimum Gasteiger partial charge on any atom is -0.468 e. The van der Waals surface area contributed by atoms with E-state index in [0.717, 1.165) is 5.76 Å². The van der Waals surface area contributed by atoms with E-state index in [1.165, 1.54) is 4.90 Å². The van der Waals surface area contributed by atoms with Gasteiger partial charge in [-0.05, 0) is 39.8 Å². The van der Waals surface area contributed by atoms with Gasteiger partial charge in [0.15, 0.2) is 0 Å². The van der Waals surface area contributed by atoms with Crippen LogP contribution in [0, 0.1) is 0 Å². The second-order valence-corrected chi connectivity index (χ2v) is 6.03. The van der Waals surface area contributed by atoms with Gasteiger partial charge >= 0.3 is 6.09 Å². The molecule has 1 atom stereocenters. The summed E-state index contributed by atoms with van der Waals surface area (Å²) in [6.07, 6.45) is 0.614. The van der Waals surface area contributed by atoms with E-state index in [1.54, 1.807) is 13.2 Å². The standard InChI is InChI=1S/C15H26N2O4/c1-12(18)11-17(14(19)21-15(2,3)4)8-7-16-10-13-6-5-9-20-13/h5-6,9,12,16,18H,7-8,10-11H2,1-4H3. The Morgan fingerprint density at radius 3 is 2.76 bits per heavy atom. The number of nitrogens with zero attached hydrogens (tertiary/aromatic N) is 1. The molecule has 0 saturated carbocycles. The minimum atomic E-state index is -0.595. The van der Waals surface area contributed by atoms with Crippen LogP contribution in [-0.2, 0) is 11.3 Å². The lowest BCUT2D eigenvalue weighted by Crippen LogP contribution is -2.43. The summed E-state index contributed by atoms with van der Waals surface area (Å²) in [4.78, 5) is 13.6. The van der Waals surface area contributed by atoms with Crippen LogP contribution in [0.2, 0.25) is 0 Å². The Morgan fingerprint density at radius 2 is 2.24 bits per heavy atom. The molecule has 1 heterocycles. The third-order valence-corrected chi connectivity index (χ3v) is 2.57. The molecule has 1 amide bonds. The molecule has 0 aliphatic heterocycles. The topological polar surface area (TPSA) is 74.9 Å². The Hall–Kier alpha value is -1.53. The van der Waals surface area contributed by atoms with E-state index in [2.05, 4.69) is 5.32 Å². The zero-order chi connectivity index (χ0) is 15.9. The van der Waals surface area contributed by atoms with E-state index in [0.29, 0.717) is 19.6 Å². The molecule has 0 aliphatic carbocycles. The van der Waals surface area contributed by atoms with Gasteiger partial charge in [-0.3, -0.25) is 0 Å². The van der Waals surface area contributed by atoms with Gasteiger partial charge in [0.25, 0.3) is 0 Å². The quantitative estimate of drug-likeness (QED) is 0.753. The zero-order valence-corrected chi connectivity index (χ0v) is 13.3. The van der Waals surface area contributed by atoms with Gasteiger partial charge in [0, 0.05) is 19.6 Å². The molecule has 21 heavy (non-hydrogen) atoms. The molecule has 1 aromatic rings. The largest absolute Gasteiger partial charge is 0.468 e. The highest BCUT2D eigenvalue weighted by atomic mass is 16.6. The summed E-state index contributed by atoms with van der Waals surface area (Å²) in [7, 11) is 0. The lowest BCUT2D eigenvalue weighted by Gasteiger charge is -2.28. The number of rotatable bonds is 7. The fourth-order valence-electron chi connectivity index (χ4n) is 1.74. The number of carbonyl (C=O) groups excluding carboxylic acids is 1. The molecule has 2 N–H and O–H groups in total. The normalized spacial score (nSPS) is 13.0. The first-order chi connectivity index (χ1) is 9.78. The Bertz CT molecular complexity index is 410. The monoisotopic (exact) mass is 298 g/mol. The summed E-state index contributed by atoms with van der Waals surface area (Å²) >= 11 is 0. The molecule has 0 spiro atoms. The van der Waals surface area contributed by atoms with E-state index < -0.39 is 17.8 Å². The lowest BCUT2D eigenvalue weighted by molar-refractivity contribution is 0.0164. The molecule has 0 radical (unpaired) electrons. The van der Waals surface area contributed by atoms with Crippen molar-refractivity contribution in [1.82, 2.24) is 10.2 Å². The molecule has 1 aromatic heterocycles. The second kappa shape index (κ2) is 8.05. The molecular weight excluding hydrogens is 272 g/mol. The van der Waals surface area contributed by atoms with Crippen molar-refractivity contribution in [2.24, 2.45) is 0 Å². The average Bonchev–Trinajstić information content (AvgIpc) is 2.83. The third kappa shape index (κ3) is 7.72. The first kappa shape index (κ1) is 17.5. The fourth-order valence-corrected chi connectivity index (χ4v) is 1.74. The van der Waals surface area contributed by atoms with E-state index in [-0.39, 0.29) is 6.54 Å². The first-order valence-electron chi connectivity index (χ1n) is 7.17. The van der Waals surface area contributed by atoms with Crippen molar-refractivity contribution in [3.8, 4) is 0 Å².